The summed E-state index contributed by atoms with van der Waals surface area (Å²) in [5, 5.41) is 0. The third kappa shape index (κ3) is 2.62. The SMILES string of the molecule is CC1(C(=O)N2CCCC(C(N)=S)C2)CCCC1. The fourth-order valence-electron chi connectivity index (χ4n) is 3.14. The van der Waals surface area contributed by atoms with E-state index in [4.69, 9.17) is 18.0 Å². The smallest absolute Gasteiger partial charge is 0.228 e. The second-order valence-electron chi connectivity index (χ2n) is 5.76. The Labute approximate surface area is 109 Å². The van der Waals surface area contributed by atoms with Gasteiger partial charge in [-0.25, -0.2) is 0 Å². The minimum absolute atomic E-state index is 0.113. The van der Waals surface area contributed by atoms with E-state index < -0.39 is 0 Å². The second-order valence-corrected chi connectivity index (χ2v) is 6.23. The molecule has 3 nitrogen and oxygen atoms in total. The van der Waals surface area contributed by atoms with Crippen LogP contribution in [0.1, 0.15) is 45.4 Å². The molecule has 1 saturated heterocycles. The van der Waals surface area contributed by atoms with Gasteiger partial charge in [0.15, 0.2) is 0 Å². The summed E-state index contributed by atoms with van der Waals surface area (Å²) in [7, 11) is 0. The number of likely N-dealkylation sites (tertiary alicyclic amines) is 1. The number of hydrogen-bond acceptors (Lipinski definition) is 2. The molecule has 0 spiro atoms. The Balaban J connectivity index is 2.01. The lowest BCUT2D eigenvalue weighted by Crippen LogP contribution is -2.48. The van der Waals surface area contributed by atoms with E-state index in [0.29, 0.717) is 10.9 Å². The van der Waals surface area contributed by atoms with Crippen molar-refractivity contribution < 1.29 is 4.79 Å². The number of amides is 1. The van der Waals surface area contributed by atoms with Crippen LogP contribution in [0.4, 0.5) is 0 Å². The van der Waals surface area contributed by atoms with E-state index in [1.54, 1.807) is 0 Å². The lowest BCUT2D eigenvalue weighted by atomic mass is 9.85. The van der Waals surface area contributed by atoms with Crippen molar-refractivity contribution in [1.82, 2.24) is 4.90 Å². The van der Waals surface area contributed by atoms with E-state index in [2.05, 4.69) is 6.92 Å². The van der Waals surface area contributed by atoms with Gasteiger partial charge in [-0.05, 0) is 25.7 Å². The van der Waals surface area contributed by atoms with E-state index in [9.17, 15) is 4.79 Å². The minimum Gasteiger partial charge on any atom is -0.393 e. The van der Waals surface area contributed by atoms with Crippen molar-refractivity contribution >= 4 is 23.1 Å². The molecule has 0 aromatic rings. The third-order valence-electron chi connectivity index (χ3n) is 4.33. The van der Waals surface area contributed by atoms with Gasteiger partial charge in [-0.15, -0.1) is 0 Å². The Hall–Kier alpha value is -0.640. The Bertz CT molecular complexity index is 323. The molecule has 17 heavy (non-hydrogen) atoms. The molecule has 2 aliphatic rings. The van der Waals surface area contributed by atoms with E-state index in [1.165, 1.54) is 12.8 Å². The van der Waals surface area contributed by atoms with Crippen LogP contribution in [0.15, 0.2) is 0 Å². The summed E-state index contributed by atoms with van der Waals surface area (Å²) in [6.07, 6.45) is 6.53. The predicted octanol–water partition coefficient (Wildman–Crippen LogP) is 2.09. The van der Waals surface area contributed by atoms with Gasteiger partial charge in [0, 0.05) is 24.4 Å². The van der Waals surface area contributed by atoms with Gasteiger partial charge >= 0.3 is 0 Å². The topological polar surface area (TPSA) is 46.3 Å². The van der Waals surface area contributed by atoms with Crippen molar-refractivity contribution in [2.75, 3.05) is 13.1 Å². The van der Waals surface area contributed by atoms with Crippen LogP contribution in [0, 0.1) is 11.3 Å². The molecule has 0 radical (unpaired) electrons. The summed E-state index contributed by atoms with van der Waals surface area (Å²) in [5.74, 6) is 0.559. The highest BCUT2D eigenvalue weighted by atomic mass is 32.1. The van der Waals surface area contributed by atoms with Crippen LogP contribution < -0.4 is 5.73 Å². The first kappa shape index (κ1) is 12.8. The Kier molecular flexibility index (Phi) is 3.71. The molecule has 1 saturated carbocycles. The fourth-order valence-corrected chi connectivity index (χ4v) is 3.34. The molecular weight excluding hydrogens is 232 g/mol. The van der Waals surface area contributed by atoms with E-state index in [1.807, 2.05) is 4.90 Å². The second kappa shape index (κ2) is 4.92. The summed E-state index contributed by atoms with van der Waals surface area (Å²) in [6.45, 7) is 3.74. The molecule has 2 N–H and O–H groups in total. The predicted molar refractivity (Wildman–Crippen MR) is 72.7 cm³/mol. The normalized spacial score (nSPS) is 28.1. The van der Waals surface area contributed by atoms with Gasteiger partial charge in [0.2, 0.25) is 5.91 Å². The molecule has 1 unspecified atom stereocenters. The van der Waals surface area contributed by atoms with Crippen LogP contribution >= 0.6 is 12.2 Å². The Morgan fingerprint density at radius 2 is 2.00 bits per heavy atom. The minimum atomic E-state index is -0.113. The highest BCUT2D eigenvalue weighted by Gasteiger charge is 2.40. The van der Waals surface area contributed by atoms with E-state index in [0.717, 1.165) is 38.8 Å². The lowest BCUT2D eigenvalue weighted by Gasteiger charge is -2.37. The van der Waals surface area contributed by atoms with Crippen molar-refractivity contribution in [1.29, 1.82) is 0 Å². The number of nitrogens with zero attached hydrogens (tertiary/aromatic N) is 1. The standard InChI is InChI=1S/C13H22N2OS/c1-13(6-2-3-7-13)12(16)15-8-4-5-10(9-15)11(14)17/h10H,2-9H2,1H3,(H2,14,17). The molecule has 2 rings (SSSR count). The monoisotopic (exact) mass is 254 g/mol. The van der Waals surface area contributed by atoms with Gasteiger partial charge in [-0.3, -0.25) is 4.79 Å². The molecule has 1 amide bonds. The van der Waals surface area contributed by atoms with Crippen molar-refractivity contribution in [2.24, 2.45) is 17.1 Å². The average molecular weight is 254 g/mol. The fraction of sp³-hybridized carbons (Fsp3) is 0.846. The molecule has 2 fully saturated rings. The maximum atomic E-state index is 12.5. The number of hydrogen-bond donors (Lipinski definition) is 1. The van der Waals surface area contributed by atoms with Gasteiger partial charge in [0.25, 0.3) is 0 Å². The number of carbonyl (C=O) groups excluding carboxylic acids is 1. The van der Waals surface area contributed by atoms with E-state index in [-0.39, 0.29) is 11.3 Å². The van der Waals surface area contributed by atoms with Crippen molar-refractivity contribution in [3.05, 3.63) is 0 Å². The molecule has 1 aliphatic carbocycles. The molecule has 96 valence electrons. The van der Waals surface area contributed by atoms with Gasteiger partial charge < -0.3 is 10.6 Å². The number of thiocarbonyl (C=S) groups is 1. The average Bonchev–Trinajstić information content (AvgIpc) is 2.76. The number of carbonyl (C=O) groups is 1. The van der Waals surface area contributed by atoms with Crippen molar-refractivity contribution in [3.8, 4) is 0 Å². The maximum Gasteiger partial charge on any atom is 0.228 e. The van der Waals surface area contributed by atoms with Gasteiger partial charge in [0.05, 0.1) is 4.99 Å². The molecule has 0 aromatic carbocycles. The first-order valence-electron chi connectivity index (χ1n) is 6.62. The van der Waals surface area contributed by atoms with Crippen LogP contribution in [-0.4, -0.2) is 28.9 Å². The molecule has 4 heteroatoms. The largest absolute Gasteiger partial charge is 0.393 e. The zero-order chi connectivity index (χ0) is 12.5. The summed E-state index contributed by atoms with van der Waals surface area (Å²) < 4.78 is 0. The summed E-state index contributed by atoms with van der Waals surface area (Å²) >= 11 is 5.06. The number of piperidine rings is 1. The van der Waals surface area contributed by atoms with Gasteiger partial charge in [-0.2, -0.15) is 0 Å². The Morgan fingerprint density at radius 3 is 2.59 bits per heavy atom. The molecular formula is C13H22N2OS. The van der Waals surface area contributed by atoms with Crippen molar-refractivity contribution in [2.45, 2.75) is 45.4 Å². The van der Waals surface area contributed by atoms with Crippen LogP contribution in [0.25, 0.3) is 0 Å². The molecule has 1 heterocycles. The summed E-state index contributed by atoms with van der Waals surface area (Å²) in [4.78, 5) is 15.1. The lowest BCUT2D eigenvalue weighted by molar-refractivity contribution is -0.142. The first-order chi connectivity index (χ1) is 8.03. The van der Waals surface area contributed by atoms with Gasteiger partial charge in [0.1, 0.15) is 0 Å². The van der Waals surface area contributed by atoms with Gasteiger partial charge in [-0.1, -0.05) is 32.0 Å². The van der Waals surface area contributed by atoms with Crippen LogP contribution in [0.3, 0.4) is 0 Å². The third-order valence-corrected chi connectivity index (χ3v) is 4.67. The first-order valence-corrected chi connectivity index (χ1v) is 7.02. The molecule has 0 aromatic heterocycles. The highest BCUT2D eigenvalue weighted by Crippen LogP contribution is 2.39. The number of rotatable bonds is 2. The quantitative estimate of drug-likeness (QED) is 0.768. The number of nitrogens with two attached hydrogens (primary N) is 1. The molecule has 1 atom stereocenters. The van der Waals surface area contributed by atoms with Crippen LogP contribution in [0.5, 0.6) is 0 Å². The molecule has 1 aliphatic heterocycles. The summed E-state index contributed by atoms with van der Waals surface area (Å²) in [5.41, 5.74) is 5.60. The van der Waals surface area contributed by atoms with E-state index >= 15 is 0 Å². The zero-order valence-electron chi connectivity index (χ0n) is 10.6. The maximum absolute atomic E-state index is 12.5. The Morgan fingerprint density at radius 1 is 1.35 bits per heavy atom. The van der Waals surface area contributed by atoms with Crippen molar-refractivity contribution in [3.63, 3.8) is 0 Å². The highest BCUT2D eigenvalue weighted by molar-refractivity contribution is 7.80. The van der Waals surface area contributed by atoms with Crippen LogP contribution in [0.2, 0.25) is 0 Å². The summed E-state index contributed by atoms with van der Waals surface area (Å²) in [6, 6.07) is 0. The van der Waals surface area contributed by atoms with Crippen LogP contribution in [-0.2, 0) is 4.79 Å². The molecule has 0 bridgehead atoms. The zero-order valence-corrected chi connectivity index (χ0v) is 11.4.